The van der Waals surface area contributed by atoms with Crippen molar-refractivity contribution in [3.8, 4) is 5.75 Å². The van der Waals surface area contributed by atoms with Crippen LogP contribution in [0, 0.1) is 6.92 Å². The summed E-state index contributed by atoms with van der Waals surface area (Å²) >= 11 is 7.57. The Morgan fingerprint density at radius 3 is 2.68 bits per heavy atom. The van der Waals surface area contributed by atoms with Crippen molar-refractivity contribution < 1.29 is 9.53 Å². The van der Waals surface area contributed by atoms with Crippen molar-refractivity contribution in [2.45, 2.75) is 23.4 Å². The summed E-state index contributed by atoms with van der Waals surface area (Å²) < 4.78 is 7.05. The van der Waals surface area contributed by atoms with Crippen LogP contribution in [-0.4, -0.2) is 33.1 Å². The molecule has 1 aliphatic rings. The number of carbonyl (C=O) groups excluding carboxylic acids is 1. The third-order valence-electron chi connectivity index (χ3n) is 4.46. The predicted molar refractivity (Wildman–Crippen MR) is 110 cm³/mol. The van der Waals surface area contributed by atoms with Gasteiger partial charge in [-0.2, -0.15) is 0 Å². The summed E-state index contributed by atoms with van der Waals surface area (Å²) in [6, 6.07) is 14.5. The van der Waals surface area contributed by atoms with Gasteiger partial charge in [-0.1, -0.05) is 47.6 Å². The Labute approximate surface area is 171 Å². The lowest BCUT2D eigenvalue weighted by atomic mass is 10.0. The summed E-state index contributed by atoms with van der Waals surface area (Å²) in [4.78, 5) is 13.1. The fourth-order valence-corrected chi connectivity index (χ4v) is 4.30. The van der Waals surface area contributed by atoms with Gasteiger partial charge in [-0.3, -0.25) is 4.79 Å². The molecule has 0 fully saturated rings. The normalized spacial score (nSPS) is 18.1. The zero-order valence-electron chi connectivity index (χ0n) is 15.2. The molecule has 3 aromatic rings. The number of nitrogens with one attached hydrogen (secondary N) is 2. The highest BCUT2D eigenvalue weighted by atomic mass is 35.5. The summed E-state index contributed by atoms with van der Waals surface area (Å²) in [7, 11) is 1.62. The van der Waals surface area contributed by atoms with Crippen molar-refractivity contribution in [2.75, 3.05) is 17.9 Å². The summed E-state index contributed by atoms with van der Waals surface area (Å²) in [5, 5.41) is 11.8. The molecule has 9 heteroatoms. The maximum Gasteiger partial charge on any atom is 0.240 e. The van der Waals surface area contributed by atoms with Crippen LogP contribution in [0.1, 0.15) is 17.4 Å². The smallest absolute Gasteiger partial charge is 0.240 e. The van der Waals surface area contributed by atoms with Crippen LogP contribution >= 0.6 is 23.4 Å². The predicted octanol–water partition coefficient (Wildman–Crippen LogP) is 3.65. The van der Waals surface area contributed by atoms with Gasteiger partial charge in [0.05, 0.1) is 23.9 Å². The quantitative estimate of drug-likeness (QED) is 0.677. The first-order valence-corrected chi connectivity index (χ1v) is 9.87. The summed E-state index contributed by atoms with van der Waals surface area (Å²) in [5.41, 5.74) is 4.89. The first-order valence-electron chi connectivity index (χ1n) is 8.61. The Hall–Kier alpha value is -2.71. The van der Waals surface area contributed by atoms with Crippen LogP contribution < -0.4 is 15.5 Å². The van der Waals surface area contributed by atoms with Crippen LogP contribution in [0.15, 0.2) is 53.7 Å². The standard InChI is InChI=1S/C19H18ClN5O2S/c1-11-22-23-19-25(11)24-16(12-7-9-13(27-2)10-8-12)17(28-19)18(26)21-15-6-4-3-5-14(15)20/h3-10,16-17,24H,1-2H3,(H,21,26). The molecule has 7 nitrogen and oxygen atoms in total. The van der Waals surface area contributed by atoms with E-state index in [9.17, 15) is 4.79 Å². The number of ether oxygens (including phenoxy) is 1. The zero-order chi connectivity index (χ0) is 19.7. The van der Waals surface area contributed by atoms with Gasteiger partial charge in [0.15, 0.2) is 0 Å². The Morgan fingerprint density at radius 2 is 1.96 bits per heavy atom. The van der Waals surface area contributed by atoms with E-state index in [4.69, 9.17) is 16.3 Å². The molecule has 0 saturated carbocycles. The number of para-hydroxylation sites is 1. The molecule has 2 aromatic carbocycles. The number of nitrogens with zero attached hydrogens (tertiary/aromatic N) is 3. The van der Waals surface area contributed by atoms with E-state index in [2.05, 4.69) is 20.9 Å². The molecule has 4 rings (SSSR count). The minimum absolute atomic E-state index is 0.168. The number of rotatable bonds is 4. The molecule has 1 aromatic heterocycles. The van der Waals surface area contributed by atoms with Crippen LogP contribution in [-0.2, 0) is 4.79 Å². The van der Waals surface area contributed by atoms with E-state index in [-0.39, 0.29) is 11.9 Å². The number of anilines is 1. The second-order valence-corrected chi connectivity index (χ2v) is 7.77. The zero-order valence-corrected chi connectivity index (χ0v) is 16.8. The number of halogens is 1. The van der Waals surface area contributed by atoms with Crippen molar-refractivity contribution in [1.29, 1.82) is 0 Å². The summed E-state index contributed by atoms with van der Waals surface area (Å²) in [6.07, 6.45) is 0. The number of benzene rings is 2. The number of hydrogen-bond acceptors (Lipinski definition) is 6. The SMILES string of the molecule is COc1ccc(C2Nn3c(C)nnc3SC2C(=O)Nc2ccccc2Cl)cc1. The molecule has 1 amide bonds. The second kappa shape index (κ2) is 7.73. The number of hydrogen-bond donors (Lipinski definition) is 2. The van der Waals surface area contributed by atoms with Crippen molar-refractivity contribution in [2.24, 2.45) is 0 Å². The highest BCUT2D eigenvalue weighted by Crippen LogP contribution is 2.38. The van der Waals surface area contributed by atoms with E-state index in [1.165, 1.54) is 11.8 Å². The molecule has 2 heterocycles. The average Bonchev–Trinajstić information content (AvgIpc) is 3.09. The van der Waals surface area contributed by atoms with Gasteiger partial charge in [0.2, 0.25) is 11.1 Å². The van der Waals surface area contributed by atoms with Gasteiger partial charge >= 0.3 is 0 Å². The Balaban J connectivity index is 1.67. The third-order valence-corrected chi connectivity index (χ3v) is 6.01. The van der Waals surface area contributed by atoms with E-state index in [0.717, 1.165) is 17.1 Å². The number of aryl methyl sites for hydroxylation is 1. The number of fused-ring (bicyclic) bond motifs is 1. The fourth-order valence-electron chi connectivity index (χ4n) is 2.99. The molecular formula is C19H18ClN5O2S. The number of carbonyl (C=O) groups is 1. The molecule has 0 saturated heterocycles. The Morgan fingerprint density at radius 1 is 1.21 bits per heavy atom. The van der Waals surface area contributed by atoms with Crippen molar-refractivity contribution >= 4 is 35.0 Å². The van der Waals surface area contributed by atoms with Crippen LogP contribution in [0.4, 0.5) is 5.69 Å². The van der Waals surface area contributed by atoms with Gasteiger partial charge in [-0.25, -0.2) is 4.68 Å². The van der Waals surface area contributed by atoms with E-state index in [1.54, 1.807) is 23.9 Å². The molecule has 2 N–H and O–H groups in total. The lowest BCUT2D eigenvalue weighted by Crippen LogP contribution is -2.41. The Bertz CT molecular complexity index is 1010. The van der Waals surface area contributed by atoms with Crippen molar-refractivity contribution in [1.82, 2.24) is 14.9 Å². The van der Waals surface area contributed by atoms with Crippen molar-refractivity contribution in [3.63, 3.8) is 0 Å². The largest absolute Gasteiger partial charge is 0.497 e. The van der Waals surface area contributed by atoms with Crippen molar-refractivity contribution in [3.05, 3.63) is 64.9 Å². The van der Waals surface area contributed by atoms with E-state index in [0.29, 0.717) is 15.9 Å². The first kappa shape index (κ1) is 18.6. The minimum Gasteiger partial charge on any atom is -0.497 e. The number of thioether (sulfide) groups is 1. The highest BCUT2D eigenvalue weighted by molar-refractivity contribution is 8.00. The van der Waals surface area contributed by atoms with E-state index >= 15 is 0 Å². The molecular weight excluding hydrogens is 398 g/mol. The molecule has 2 unspecified atom stereocenters. The van der Waals surface area contributed by atoms with Gasteiger partial charge in [-0.15, -0.1) is 10.2 Å². The fraction of sp³-hybridized carbons (Fsp3) is 0.211. The van der Waals surface area contributed by atoms with Crippen LogP contribution in [0.25, 0.3) is 0 Å². The van der Waals surface area contributed by atoms with E-state index in [1.807, 2.05) is 43.3 Å². The lowest BCUT2D eigenvalue weighted by molar-refractivity contribution is -0.116. The average molecular weight is 416 g/mol. The highest BCUT2D eigenvalue weighted by Gasteiger charge is 2.37. The minimum atomic E-state index is -0.472. The van der Waals surface area contributed by atoms with Crippen LogP contribution in [0.5, 0.6) is 5.75 Å². The van der Waals surface area contributed by atoms with E-state index < -0.39 is 5.25 Å². The molecule has 28 heavy (non-hydrogen) atoms. The van der Waals surface area contributed by atoms with Gasteiger partial charge in [0.25, 0.3) is 0 Å². The van der Waals surface area contributed by atoms with Gasteiger partial charge in [0, 0.05) is 0 Å². The molecule has 2 atom stereocenters. The lowest BCUT2D eigenvalue weighted by Gasteiger charge is -2.32. The number of methoxy groups -OCH3 is 1. The first-order chi connectivity index (χ1) is 13.6. The number of aromatic nitrogens is 3. The van der Waals surface area contributed by atoms with Gasteiger partial charge in [-0.05, 0) is 36.8 Å². The third kappa shape index (κ3) is 3.53. The van der Waals surface area contributed by atoms with Gasteiger partial charge in [0.1, 0.15) is 16.8 Å². The molecule has 144 valence electrons. The Kier molecular flexibility index (Phi) is 5.15. The summed E-state index contributed by atoms with van der Waals surface area (Å²) in [5.74, 6) is 1.31. The molecule has 1 aliphatic heterocycles. The molecule has 0 bridgehead atoms. The molecule has 0 aliphatic carbocycles. The van der Waals surface area contributed by atoms with Gasteiger partial charge < -0.3 is 15.5 Å². The van der Waals surface area contributed by atoms with Crippen LogP contribution in [0.2, 0.25) is 5.02 Å². The summed E-state index contributed by atoms with van der Waals surface area (Å²) in [6.45, 7) is 1.86. The second-order valence-electron chi connectivity index (χ2n) is 6.25. The van der Waals surface area contributed by atoms with Crippen LogP contribution in [0.3, 0.4) is 0 Å². The molecule has 0 radical (unpaired) electrons. The monoisotopic (exact) mass is 415 g/mol. The number of amides is 1. The maximum absolute atomic E-state index is 13.1. The topological polar surface area (TPSA) is 81.1 Å². The maximum atomic E-state index is 13.1. The molecule has 0 spiro atoms.